The fraction of sp³-hybridized carbons (Fsp3) is 0.500. The van der Waals surface area contributed by atoms with E-state index < -0.39 is 0 Å². The fourth-order valence-electron chi connectivity index (χ4n) is 2.99. The zero-order chi connectivity index (χ0) is 17.6. The van der Waals surface area contributed by atoms with Crippen molar-refractivity contribution in [2.24, 2.45) is 0 Å². The molecule has 1 aliphatic rings. The van der Waals surface area contributed by atoms with Crippen molar-refractivity contribution in [3.63, 3.8) is 0 Å². The van der Waals surface area contributed by atoms with Crippen molar-refractivity contribution in [3.8, 4) is 11.8 Å². The Bertz CT molecular complexity index is 752. The summed E-state index contributed by atoms with van der Waals surface area (Å²) in [6, 6.07) is 9.47. The third kappa shape index (κ3) is 4.56. The Balaban J connectivity index is 1.49. The molecule has 1 aromatic heterocycles. The summed E-state index contributed by atoms with van der Waals surface area (Å²) in [4.78, 5) is 6.65. The molecule has 1 atom stereocenters. The molecule has 0 radical (unpaired) electrons. The molecule has 0 spiro atoms. The summed E-state index contributed by atoms with van der Waals surface area (Å²) in [5.74, 6) is 2.34. The molecule has 132 valence electrons. The highest BCUT2D eigenvalue weighted by molar-refractivity contribution is 5.42. The number of benzene rings is 1. The van der Waals surface area contributed by atoms with Crippen LogP contribution in [0.4, 0.5) is 0 Å². The largest absolute Gasteiger partial charge is 0.491 e. The van der Waals surface area contributed by atoms with E-state index in [2.05, 4.69) is 21.1 Å². The second-order valence-corrected chi connectivity index (χ2v) is 6.14. The summed E-state index contributed by atoms with van der Waals surface area (Å²) in [5.41, 5.74) is 0.569. The molecule has 2 aromatic rings. The van der Waals surface area contributed by atoms with E-state index in [1.807, 2.05) is 36.7 Å². The summed E-state index contributed by atoms with van der Waals surface area (Å²) in [6.45, 7) is 8.33. The van der Waals surface area contributed by atoms with Gasteiger partial charge in [0, 0.05) is 19.6 Å². The molecule has 1 saturated heterocycles. The quantitative estimate of drug-likeness (QED) is 0.793. The maximum absolute atomic E-state index is 9.10. The van der Waals surface area contributed by atoms with E-state index in [1.165, 1.54) is 0 Å². The molecular weight excluding hydrogens is 318 g/mol. The van der Waals surface area contributed by atoms with Crippen LogP contribution in [-0.2, 0) is 11.3 Å². The Kier molecular flexibility index (Phi) is 5.64. The van der Waals surface area contributed by atoms with E-state index in [4.69, 9.17) is 14.7 Å². The van der Waals surface area contributed by atoms with Crippen molar-refractivity contribution in [1.29, 1.82) is 5.26 Å². The molecule has 0 saturated carbocycles. The minimum Gasteiger partial charge on any atom is -0.491 e. The molecule has 2 heterocycles. The normalized spacial score (nSPS) is 18.0. The number of rotatable bonds is 6. The van der Waals surface area contributed by atoms with E-state index in [0.29, 0.717) is 31.1 Å². The lowest BCUT2D eigenvalue weighted by molar-refractivity contribution is -0.0404. The summed E-state index contributed by atoms with van der Waals surface area (Å²) < 4.78 is 13.5. The van der Waals surface area contributed by atoms with Gasteiger partial charge in [0.15, 0.2) is 0 Å². The Morgan fingerprint density at radius 2 is 2.20 bits per heavy atom. The van der Waals surface area contributed by atoms with Crippen molar-refractivity contribution >= 4 is 0 Å². The Morgan fingerprint density at radius 3 is 2.96 bits per heavy atom. The first-order valence-electron chi connectivity index (χ1n) is 8.49. The summed E-state index contributed by atoms with van der Waals surface area (Å²) in [6.07, 6.45) is 0.0972. The van der Waals surface area contributed by atoms with Crippen LogP contribution < -0.4 is 4.74 Å². The van der Waals surface area contributed by atoms with E-state index >= 15 is 0 Å². The van der Waals surface area contributed by atoms with Gasteiger partial charge in [-0.3, -0.25) is 4.90 Å². The molecule has 1 aromatic carbocycles. The highest BCUT2D eigenvalue weighted by Gasteiger charge is 2.22. The maximum Gasteiger partial charge on any atom is 0.147 e. The molecule has 0 amide bonds. The molecule has 0 unspecified atom stereocenters. The molecule has 7 heteroatoms. The summed E-state index contributed by atoms with van der Waals surface area (Å²) in [7, 11) is 0. The zero-order valence-corrected chi connectivity index (χ0v) is 14.7. The highest BCUT2D eigenvalue weighted by Crippen LogP contribution is 2.16. The number of para-hydroxylation sites is 1. The molecular formula is C18H23N5O2. The van der Waals surface area contributed by atoms with Crippen LogP contribution in [0.25, 0.3) is 0 Å². The van der Waals surface area contributed by atoms with Gasteiger partial charge in [-0.1, -0.05) is 12.1 Å². The van der Waals surface area contributed by atoms with Gasteiger partial charge in [-0.25, -0.2) is 9.67 Å². The first kappa shape index (κ1) is 17.4. The van der Waals surface area contributed by atoms with E-state index in [9.17, 15) is 0 Å². The number of nitriles is 1. The van der Waals surface area contributed by atoms with Crippen LogP contribution in [0, 0.1) is 25.2 Å². The van der Waals surface area contributed by atoms with Crippen LogP contribution in [0.5, 0.6) is 5.75 Å². The lowest BCUT2D eigenvalue weighted by Gasteiger charge is -2.32. The smallest absolute Gasteiger partial charge is 0.147 e. The van der Waals surface area contributed by atoms with E-state index in [0.717, 1.165) is 31.3 Å². The molecule has 7 nitrogen and oxygen atoms in total. The Hall–Kier alpha value is -2.43. The number of nitrogens with zero attached hydrogens (tertiary/aromatic N) is 5. The number of hydrogen-bond acceptors (Lipinski definition) is 6. The molecule has 1 aliphatic heterocycles. The molecule has 3 rings (SSSR count). The molecule has 25 heavy (non-hydrogen) atoms. The van der Waals surface area contributed by atoms with Gasteiger partial charge >= 0.3 is 0 Å². The minimum absolute atomic E-state index is 0.0972. The van der Waals surface area contributed by atoms with Gasteiger partial charge in [-0.2, -0.15) is 10.4 Å². The lowest BCUT2D eigenvalue weighted by Crippen LogP contribution is -2.45. The van der Waals surface area contributed by atoms with Crippen LogP contribution in [0.3, 0.4) is 0 Å². The first-order valence-corrected chi connectivity index (χ1v) is 8.49. The van der Waals surface area contributed by atoms with Gasteiger partial charge in [-0.15, -0.1) is 0 Å². The second kappa shape index (κ2) is 8.10. The van der Waals surface area contributed by atoms with Gasteiger partial charge in [0.1, 0.15) is 30.1 Å². The van der Waals surface area contributed by atoms with Crippen LogP contribution in [0.1, 0.15) is 17.2 Å². The zero-order valence-electron chi connectivity index (χ0n) is 14.7. The molecule has 1 fully saturated rings. The van der Waals surface area contributed by atoms with Crippen LogP contribution in [0.2, 0.25) is 0 Å². The number of hydrogen-bond donors (Lipinski definition) is 0. The van der Waals surface area contributed by atoms with Crippen LogP contribution >= 0.6 is 0 Å². The Labute approximate surface area is 147 Å². The van der Waals surface area contributed by atoms with Gasteiger partial charge in [0.2, 0.25) is 0 Å². The fourth-order valence-corrected chi connectivity index (χ4v) is 2.99. The van der Waals surface area contributed by atoms with Gasteiger partial charge in [-0.05, 0) is 26.0 Å². The monoisotopic (exact) mass is 341 g/mol. The van der Waals surface area contributed by atoms with Gasteiger partial charge < -0.3 is 9.47 Å². The number of morpholine rings is 1. The maximum atomic E-state index is 9.10. The van der Waals surface area contributed by atoms with Gasteiger partial charge in [0.05, 0.1) is 24.8 Å². The number of aryl methyl sites for hydroxylation is 2. The molecule has 0 bridgehead atoms. The third-order valence-electron chi connectivity index (χ3n) is 4.23. The van der Waals surface area contributed by atoms with Crippen molar-refractivity contribution in [2.45, 2.75) is 26.5 Å². The SMILES string of the molecule is Cc1nc(C)n(C[C@H]2CN(CCOc3ccccc3C#N)CCO2)n1. The van der Waals surface area contributed by atoms with Gasteiger partial charge in [0.25, 0.3) is 0 Å². The predicted octanol–water partition coefficient (Wildman–Crippen LogP) is 1.55. The second-order valence-electron chi connectivity index (χ2n) is 6.14. The standard InChI is InChI=1S/C18H23N5O2/c1-14-20-15(2)23(21-14)13-17-12-22(7-9-24-17)8-10-25-18-6-4-3-5-16(18)11-19/h3-6,17H,7-10,12-13H2,1-2H3/t17-/m1/s1. The number of ether oxygens (including phenoxy) is 2. The summed E-state index contributed by atoms with van der Waals surface area (Å²) >= 11 is 0. The average molecular weight is 341 g/mol. The predicted molar refractivity (Wildman–Crippen MR) is 92.3 cm³/mol. The molecule has 0 N–H and O–H groups in total. The van der Waals surface area contributed by atoms with Crippen molar-refractivity contribution in [2.75, 3.05) is 32.8 Å². The van der Waals surface area contributed by atoms with Crippen molar-refractivity contribution in [3.05, 3.63) is 41.5 Å². The third-order valence-corrected chi connectivity index (χ3v) is 4.23. The highest BCUT2D eigenvalue weighted by atomic mass is 16.5. The lowest BCUT2D eigenvalue weighted by atomic mass is 10.2. The van der Waals surface area contributed by atoms with E-state index in [1.54, 1.807) is 6.07 Å². The van der Waals surface area contributed by atoms with Crippen molar-refractivity contribution in [1.82, 2.24) is 19.7 Å². The molecule has 0 aliphatic carbocycles. The average Bonchev–Trinajstić information content (AvgIpc) is 2.93. The Morgan fingerprint density at radius 1 is 1.36 bits per heavy atom. The van der Waals surface area contributed by atoms with E-state index in [-0.39, 0.29) is 6.10 Å². The summed E-state index contributed by atoms with van der Waals surface area (Å²) in [5, 5.41) is 13.5. The van der Waals surface area contributed by atoms with Crippen LogP contribution in [0.15, 0.2) is 24.3 Å². The van der Waals surface area contributed by atoms with Crippen molar-refractivity contribution < 1.29 is 9.47 Å². The topological polar surface area (TPSA) is 76.2 Å². The first-order chi connectivity index (χ1) is 12.2. The minimum atomic E-state index is 0.0972. The number of aromatic nitrogens is 3. The van der Waals surface area contributed by atoms with Crippen LogP contribution in [-0.4, -0.2) is 58.6 Å².